The van der Waals surface area contributed by atoms with Crippen LogP contribution in [0.3, 0.4) is 0 Å². The van der Waals surface area contributed by atoms with Crippen LogP contribution in [0.5, 0.6) is 0 Å². The summed E-state index contributed by atoms with van der Waals surface area (Å²) in [4.78, 5) is 0. The van der Waals surface area contributed by atoms with Gasteiger partial charge in [-0.1, -0.05) is 0 Å². The van der Waals surface area contributed by atoms with E-state index in [1.54, 1.807) is 14.2 Å². The average molecular weight is 206 g/mol. The molecule has 0 aliphatic rings. The monoisotopic (exact) mass is 206 g/mol. The summed E-state index contributed by atoms with van der Waals surface area (Å²) in [6.45, 7) is 5.21. The first-order valence-electron chi connectivity index (χ1n) is 5.07. The van der Waals surface area contributed by atoms with Gasteiger partial charge in [-0.25, -0.2) is 0 Å². The van der Waals surface area contributed by atoms with Gasteiger partial charge in [0.15, 0.2) is 12.6 Å². The fourth-order valence-corrected chi connectivity index (χ4v) is 1.18. The smallest absolute Gasteiger partial charge is 0.157 e. The summed E-state index contributed by atoms with van der Waals surface area (Å²) in [6.07, 6.45) is 1.25. The standard InChI is InChI=1S/C10H22O4/c1-5-13-9(11-3)7-8-10(12-4)14-6-2/h9-10H,5-8H2,1-4H3. The van der Waals surface area contributed by atoms with Crippen LogP contribution >= 0.6 is 0 Å². The van der Waals surface area contributed by atoms with Gasteiger partial charge >= 0.3 is 0 Å². The normalized spacial score (nSPS) is 15.4. The van der Waals surface area contributed by atoms with Crippen LogP contribution in [0.2, 0.25) is 0 Å². The van der Waals surface area contributed by atoms with Gasteiger partial charge < -0.3 is 18.9 Å². The molecule has 4 nitrogen and oxygen atoms in total. The van der Waals surface area contributed by atoms with Crippen molar-refractivity contribution in [3.63, 3.8) is 0 Å². The molecule has 0 aliphatic heterocycles. The Labute approximate surface area is 86.5 Å². The fourth-order valence-electron chi connectivity index (χ4n) is 1.18. The molecule has 0 heterocycles. The van der Waals surface area contributed by atoms with Crippen LogP contribution in [0, 0.1) is 0 Å². The maximum Gasteiger partial charge on any atom is 0.157 e. The minimum atomic E-state index is -0.155. The van der Waals surface area contributed by atoms with E-state index in [0.717, 1.165) is 12.8 Å². The third kappa shape index (κ3) is 6.32. The van der Waals surface area contributed by atoms with E-state index in [4.69, 9.17) is 18.9 Å². The molecule has 4 heteroatoms. The van der Waals surface area contributed by atoms with E-state index in [-0.39, 0.29) is 12.6 Å². The molecule has 0 aromatic heterocycles. The maximum absolute atomic E-state index is 5.33. The Morgan fingerprint density at radius 3 is 1.36 bits per heavy atom. The van der Waals surface area contributed by atoms with E-state index in [1.165, 1.54) is 0 Å². The molecular weight excluding hydrogens is 184 g/mol. The summed E-state index contributed by atoms with van der Waals surface area (Å²) in [7, 11) is 3.28. The highest BCUT2D eigenvalue weighted by Crippen LogP contribution is 2.09. The van der Waals surface area contributed by atoms with Crippen molar-refractivity contribution in [3.8, 4) is 0 Å². The Morgan fingerprint density at radius 2 is 1.14 bits per heavy atom. The zero-order chi connectivity index (χ0) is 10.8. The highest BCUT2D eigenvalue weighted by Gasteiger charge is 2.12. The van der Waals surface area contributed by atoms with Crippen LogP contribution in [0.4, 0.5) is 0 Å². The van der Waals surface area contributed by atoms with Gasteiger partial charge in [-0.2, -0.15) is 0 Å². The van der Waals surface area contributed by atoms with Crippen LogP contribution in [0.1, 0.15) is 26.7 Å². The lowest BCUT2D eigenvalue weighted by Gasteiger charge is -2.19. The second-order valence-corrected chi connectivity index (χ2v) is 2.82. The second-order valence-electron chi connectivity index (χ2n) is 2.82. The Balaban J connectivity index is 3.63. The van der Waals surface area contributed by atoms with Crippen LogP contribution in [-0.4, -0.2) is 40.0 Å². The largest absolute Gasteiger partial charge is 0.356 e. The first-order chi connectivity index (χ1) is 6.78. The Kier molecular flexibility index (Phi) is 9.29. The van der Waals surface area contributed by atoms with Crippen LogP contribution in [0.25, 0.3) is 0 Å². The molecule has 0 spiro atoms. The summed E-state index contributed by atoms with van der Waals surface area (Å²) in [5.74, 6) is 0. The van der Waals surface area contributed by atoms with Crippen LogP contribution in [0.15, 0.2) is 0 Å². The van der Waals surface area contributed by atoms with Gasteiger partial charge in [-0.15, -0.1) is 0 Å². The van der Waals surface area contributed by atoms with Crippen LogP contribution < -0.4 is 0 Å². The molecule has 0 fully saturated rings. The molecule has 0 aromatic rings. The van der Waals surface area contributed by atoms with E-state index >= 15 is 0 Å². The van der Waals surface area contributed by atoms with Crippen molar-refractivity contribution in [2.45, 2.75) is 39.3 Å². The molecule has 0 radical (unpaired) electrons. The molecule has 0 N–H and O–H groups in total. The van der Waals surface area contributed by atoms with Gasteiger partial charge in [-0.05, 0) is 13.8 Å². The Morgan fingerprint density at radius 1 is 0.786 bits per heavy atom. The molecule has 2 unspecified atom stereocenters. The first-order valence-corrected chi connectivity index (χ1v) is 5.07. The molecule has 0 aliphatic carbocycles. The van der Waals surface area contributed by atoms with E-state index in [9.17, 15) is 0 Å². The number of rotatable bonds is 9. The van der Waals surface area contributed by atoms with E-state index in [0.29, 0.717) is 13.2 Å². The lowest BCUT2D eigenvalue weighted by molar-refractivity contribution is -0.158. The van der Waals surface area contributed by atoms with Crippen molar-refractivity contribution in [1.82, 2.24) is 0 Å². The van der Waals surface area contributed by atoms with Gasteiger partial charge in [0, 0.05) is 40.3 Å². The van der Waals surface area contributed by atoms with Crippen molar-refractivity contribution >= 4 is 0 Å². The van der Waals surface area contributed by atoms with Gasteiger partial charge in [0.2, 0.25) is 0 Å². The summed E-state index contributed by atoms with van der Waals surface area (Å²) in [6, 6.07) is 0. The molecular formula is C10H22O4. The number of methoxy groups -OCH3 is 2. The third-order valence-electron chi connectivity index (χ3n) is 1.87. The third-order valence-corrected chi connectivity index (χ3v) is 1.87. The average Bonchev–Trinajstić information content (AvgIpc) is 2.22. The SMILES string of the molecule is CCOC(CCC(OC)OCC)OC. The van der Waals surface area contributed by atoms with E-state index < -0.39 is 0 Å². The van der Waals surface area contributed by atoms with Gasteiger partial charge in [0.05, 0.1) is 0 Å². The molecule has 0 bridgehead atoms. The first kappa shape index (κ1) is 13.8. The molecule has 14 heavy (non-hydrogen) atoms. The highest BCUT2D eigenvalue weighted by atomic mass is 16.7. The topological polar surface area (TPSA) is 36.9 Å². The summed E-state index contributed by atoms with van der Waals surface area (Å²) in [5, 5.41) is 0. The zero-order valence-electron chi connectivity index (χ0n) is 9.62. The van der Waals surface area contributed by atoms with Gasteiger partial charge in [0.1, 0.15) is 0 Å². The van der Waals surface area contributed by atoms with Crippen molar-refractivity contribution in [2.75, 3.05) is 27.4 Å². The predicted molar refractivity (Wildman–Crippen MR) is 54.1 cm³/mol. The lowest BCUT2D eigenvalue weighted by atomic mass is 10.3. The van der Waals surface area contributed by atoms with Crippen LogP contribution in [-0.2, 0) is 18.9 Å². The van der Waals surface area contributed by atoms with E-state index in [2.05, 4.69) is 0 Å². The summed E-state index contributed by atoms with van der Waals surface area (Å²) >= 11 is 0. The molecule has 0 aromatic carbocycles. The number of hydrogen-bond acceptors (Lipinski definition) is 4. The molecule has 0 amide bonds. The summed E-state index contributed by atoms with van der Waals surface area (Å²) < 4.78 is 20.9. The van der Waals surface area contributed by atoms with Crippen molar-refractivity contribution in [1.29, 1.82) is 0 Å². The van der Waals surface area contributed by atoms with Crippen molar-refractivity contribution in [2.24, 2.45) is 0 Å². The van der Waals surface area contributed by atoms with Gasteiger partial charge in [-0.3, -0.25) is 0 Å². The quantitative estimate of drug-likeness (QED) is 0.539. The van der Waals surface area contributed by atoms with Gasteiger partial charge in [0.25, 0.3) is 0 Å². The number of hydrogen-bond donors (Lipinski definition) is 0. The Bertz CT molecular complexity index is 105. The fraction of sp³-hybridized carbons (Fsp3) is 1.00. The lowest BCUT2D eigenvalue weighted by Crippen LogP contribution is -2.21. The van der Waals surface area contributed by atoms with E-state index in [1.807, 2.05) is 13.8 Å². The summed E-state index contributed by atoms with van der Waals surface area (Å²) in [5.41, 5.74) is 0. The predicted octanol–water partition coefficient (Wildman–Crippen LogP) is 1.78. The van der Waals surface area contributed by atoms with Crippen molar-refractivity contribution < 1.29 is 18.9 Å². The zero-order valence-corrected chi connectivity index (χ0v) is 9.62. The molecule has 0 saturated heterocycles. The highest BCUT2D eigenvalue weighted by molar-refractivity contribution is 4.49. The minimum absolute atomic E-state index is 0.155. The maximum atomic E-state index is 5.33. The number of ether oxygens (including phenoxy) is 4. The second kappa shape index (κ2) is 9.40. The Hall–Kier alpha value is -0.160. The molecule has 2 atom stereocenters. The molecule has 0 saturated carbocycles. The minimum Gasteiger partial charge on any atom is -0.356 e. The molecule has 0 rings (SSSR count). The molecule has 86 valence electrons. The van der Waals surface area contributed by atoms with Crippen molar-refractivity contribution in [3.05, 3.63) is 0 Å².